The molecule has 1 saturated heterocycles. The summed E-state index contributed by atoms with van der Waals surface area (Å²) in [6.07, 6.45) is 4.38. The zero-order valence-corrected chi connectivity index (χ0v) is 15.4. The molecule has 0 bridgehead atoms. The SMILES string of the molecule is COC(=O)c1ccoc1COC(=O)c1cc([N+](=O)[O-])ccc1N1CCCCC1. The Hall–Kier alpha value is -3.36. The monoisotopic (exact) mass is 388 g/mol. The molecule has 2 aromatic rings. The minimum absolute atomic E-state index is 0.113. The van der Waals surface area contributed by atoms with Gasteiger partial charge in [0.1, 0.15) is 5.56 Å². The lowest BCUT2D eigenvalue weighted by Crippen LogP contribution is -2.31. The van der Waals surface area contributed by atoms with E-state index in [1.807, 2.05) is 4.90 Å². The average molecular weight is 388 g/mol. The van der Waals surface area contributed by atoms with Crippen LogP contribution in [0.1, 0.15) is 45.7 Å². The van der Waals surface area contributed by atoms with E-state index in [4.69, 9.17) is 9.15 Å². The Morgan fingerprint density at radius 1 is 1.14 bits per heavy atom. The minimum atomic E-state index is -0.725. The number of anilines is 1. The average Bonchev–Trinajstić information content (AvgIpc) is 3.20. The number of methoxy groups -OCH3 is 1. The van der Waals surface area contributed by atoms with Crippen LogP contribution < -0.4 is 4.90 Å². The van der Waals surface area contributed by atoms with Crippen LogP contribution >= 0.6 is 0 Å². The van der Waals surface area contributed by atoms with Gasteiger partial charge in [-0.2, -0.15) is 0 Å². The maximum atomic E-state index is 12.7. The highest BCUT2D eigenvalue weighted by Gasteiger charge is 2.24. The summed E-state index contributed by atoms with van der Waals surface area (Å²) >= 11 is 0. The van der Waals surface area contributed by atoms with Crippen molar-refractivity contribution >= 4 is 23.3 Å². The lowest BCUT2D eigenvalue weighted by molar-refractivity contribution is -0.384. The maximum Gasteiger partial charge on any atom is 0.341 e. The number of rotatable bonds is 6. The largest absolute Gasteiger partial charge is 0.465 e. The number of ether oxygens (including phenoxy) is 2. The number of nitro groups is 1. The van der Waals surface area contributed by atoms with Crippen LogP contribution in [0.15, 0.2) is 34.9 Å². The Morgan fingerprint density at radius 2 is 1.89 bits per heavy atom. The number of carbonyl (C=O) groups is 2. The van der Waals surface area contributed by atoms with Crippen LogP contribution in [0.4, 0.5) is 11.4 Å². The number of piperidine rings is 1. The standard InChI is InChI=1S/C19H20N2O7/c1-26-18(22)14-7-10-27-17(14)12-28-19(23)15-11-13(21(24)25)5-6-16(15)20-8-3-2-4-9-20/h5-7,10-11H,2-4,8-9,12H2,1H3. The molecule has 0 amide bonds. The fraction of sp³-hybridized carbons (Fsp3) is 0.368. The van der Waals surface area contributed by atoms with Gasteiger partial charge in [-0.3, -0.25) is 10.1 Å². The molecule has 1 aliphatic heterocycles. The summed E-state index contributed by atoms with van der Waals surface area (Å²) in [7, 11) is 1.24. The normalized spacial score (nSPS) is 13.8. The quantitative estimate of drug-likeness (QED) is 0.421. The van der Waals surface area contributed by atoms with Gasteiger partial charge in [-0.15, -0.1) is 0 Å². The molecule has 1 fully saturated rings. The van der Waals surface area contributed by atoms with E-state index in [0.29, 0.717) is 5.69 Å². The van der Waals surface area contributed by atoms with E-state index in [1.54, 1.807) is 6.07 Å². The van der Waals surface area contributed by atoms with Crippen molar-refractivity contribution in [2.24, 2.45) is 0 Å². The van der Waals surface area contributed by atoms with Gasteiger partial charge in [-0.1, -0.05) is 0 Å². The van der Waals surface area contributed by atoms with Gasteiger partial charge in [-0.25, -0.2) is 9.59 Å². The highest BCUT2D eigenvalue weighted by atomic mass is 16.6. The summed E-state index contributed by atoms with van der Waals surface area (Å²) in [6.45, 7) is 1.24. The first-order chi connectivity index (χ1) is 13.5. The van der Waals surface area contributed by atoms with Gasteiger partial charge in [0.2, 0.25) is 0 Å². The molecule has 1 aromatic heterocycles. The van der Waals surface area contributed by atoms with Gasteiger partial charge in [0.25, 0.3) is 5.69 Å². The van der Waals surface area contributed by atoms with Gasteiger partial charge in [0.05, 0.1) is 29.5 Å². The molecule has 0 saturated carbocycles. The fourth-order valence-electron chi connectivity index (χ4n) is 3.16. The van der Waals surface area contributed by atoms with Gasteiger partial charge in [-0.05, 0) is 31.4 Å². The lowest BCUT2D eigenvalue weighted by atomic mass is 10.1. The van der Waals surface area contributed by atoms with Crippen molar-refractivity contribution in [2.75, 3.05) is 25.1 Å². The molecule has 0 radical (unpaired) electrons. The van der Waals surface area contributed by atoms with E-state index < -0.39 is 16.9 Å². The van der Waals surface area contributed by atoms with Crippen LogP contribution in [0.25, 0.3) is 0 Å². The minimum Gasteiger partial charge on any atom is -0.465 e. The summed E-state index contributed by atoms with van der Waals surface area (Å²) < 4.78 is 15.1. The molecular formula is C19H20N2O7. The predicted octanol–water partition coefficient (Wildman–Crippen LogP) is 3.32. The molecule has 28 heavy (non-hydrogen) atoms. The number of carbonyl (C=O) groups excluding carboxylic acids is 2. The number of hydrogen-bond donors (Lipinski definition) is 0. The van der Waals surface area contributed by atoms with Crippen LogP contribution in [0.2, 0.25) is 0 Å². The molecular weight excluding hydrogens is 368 g/mol. The number of nitro benzene ring substituents is 1. The second-order valence-electron chi connectivity index (χ2n) is 6.33. The van der Waals surface area contributed by atoms with Gasteiger partial charge in [0, 0.05) is 25.2 Å². The van der Waals surface area contributed by atoms with E-state index >= 15 is 0 Å². The van der Waals surface area contributed by atoms with Crippen molar-refractivity contribution in [3.05, 3.63) is 57.5 Å². The summed E-state index contributed by atoms with van der Waals surface area (Å²) in [5.41, 5.74) is 0.678. The summed E-state index contributed by atoms with van der Waals surface area (Å²) in [6, 6.07) is 5.59. The van der Waals surface area contributed by atoms with E-state index in [0.717, 1.165) is 32.4 Å². The molecule has 148 valence electrons. The predicted molar refractivity (Wildman–Crippen MR) is 98.3 cm³/mol. The first-order valence-electron chi connectivity index (χ1n) is 8.86. The number of nitrogens with zero attached hydrogens (tertiary/aromatic N) is 2. The number of esters is 2. The van der Waals surface area contributed by atoms with Crippen molar-refractivity contribution in [1.82, 2.24) is 0 Å². The van der Waals surface area contributed by atoms with E-state index in [2.05, 4.69) is 4.74 Å². The van der Waals surface area contributed by atoms with E-state index in [9.17, 15) is 19.7 Å². The summed E-state index contributed by atoms with van der Waals surface area (Å²) in [5.74, 6) is -1.19. The van der Waals surface area contributed by atoms with Crippen LogP contribution in [-0.2, 0) is 16.1 Å². The van der Waals surface area contributed by atoms with Crippen LogP contribution in [0.5, 0.6) is 0 Å². The third kappa shape index (κ3) is 4.13. The Morgan fingerprint density at radius 3 is 2.57 bits per heavy atom. The molecule has 1 aromatic carbocycles. The highest BCUT2D eigenvalue weighted by molar-refractivity contribution is 5.97. The zero-order chi connectivity index (χ0) is 20.1. The summed E-state index contributed by atoms with van der Waals surface area (Å²) in [5, 5.41) is 11.1. The first-order valence-corrected chi connectivity index (χ1v) is 8.86. The van der Waals surface area contributed by atoms with Crippen LogP contribution in [-0.4, -0.2) is 37.1 Å². The van der Waals surface area contributed by atoms with Crippen molar-refractivity contribution in [2.45, 2.75) is 25.9 Å². The number of hydrogen-bond acceptors (Lipinski definition) is 8. The molecule has 0 aliphatic carbocycles. The zero-order valence-electron chi connectivity index (χ0n) is 15.4. The van der Waals surface area contributed by atoms with Crippen molar-refractivity contribution in [1.29, 1.82) is 0 Å². The number of non-ortho nitro benzene ring substituents is 1. The van der Waals surface area contributed by atoms with Gasteiger partial charge in [0.15, 0.2) is 12.4 Å². The molecule has 0 unspecified atom stereocenters. The van der Waals surface area contributed by atoms with Gasteiger partial charge >= 0.3 is 11.9 Å². The van der Waals surface area contributed by atoms with Crippen molar-refractivity contribution in [3.63, 3.8) is 0 Å². The van der Waals surface area contributed by atoms with Gasteiger partial charge < -0.3 is 18.8 Å². The van der Waals surface area contributed by atoms with E-state index in [-0.39, 0.29) is 29.2 Å². The number of furan rings is 1. The summed E-state index contributed by atoms with van der Waals surface area (Å²) in [4.78, 5) is 37.0. The smallest absolute Gasteiger partial charge is 0.341 e. The molecule has 0 N–H and O–H groups in total. The Bertz CT molecular complexity index is 884. The molecule has 2 heterocycles. The highest BCUT2D eigenvalue weighted by Crippen LogP contribution is 2.29. The molecule has 0 spiro atoms. The molecule has 3 rings (SSSR count). The molecule has 9 heteroatoms. The second kappa shape index (κ2) is 8.55. The topological polar surface area (TPSA) is 112 Å². The fourth-order valence-corrected chi connectivity index (χ4v) is 3.16. The van der Waals surface area contributed by atoms with Crippen LogP contribution in [0, 0.1) is 10.1 Å². The Kier molecular flexibility index (Phi) is 5.93. The third-order valence-electron chi connectivity index (χ3n) is 4.59. The second-order valence-corrected chi connectivity index (χ2v) is 6.33. The van der Waals surface area contributed by atoms with Crippen LogP contribution in [0.3, 0.4) is 0 Å². The molecule has 0 atom stereocenters. The lowest BCUT2D eigenvalue weighted by Gasteiger charge is -2.30. The third-order valence-corrected chi connectivity index (χ3v) is 4.59. The van der Waals surface area contributed by atoms with E-state index in [1.165, 1.54) is 31.6 Å². The Labute approximate surface area is 161 Å². The van der Waals surface area contributed by atoms with Crippen molar-refractivity contribution in [3.8, 4) is 0 Å². The molecule has 9 nitrogen and oxygen atoms in total. The maximum absolute atomic E-state index is 12.7. The number of benzene rings is 1. The first kappa shape index (κ1) is 19.4. The van der Waals surface area contributed by atoms with Crippen molar-refractivity contribution < 1.29 is 28.4 Å². The Balaban J connectivity index is 1.83. The molecule has 1 aliphatic rings.